The predicted molar refractivity (Wildman–Crippen MR) is 117 cm³/mol. The van der Waals surface area contributed by atoms with Crippen molar-refractivity contribution in [2.24, 2.45) is 7.05 Å². The fraction of sp³-hybridized carbons (Fsp3) is 0.381. The van der Waals surface area contributed by atoms with Crippen LogP contribution in [-0.2, 0) is 17.1 Å². The zero-order chi connectivity index (χ0) is 22.4. The summed E-state index contributed by atoms with van der Waals surface area (Å²) in [4.78, 5) is 8.71. The van der Waals surface area contributed by atoms with Gasteiger partial charge in [0.25, 0.3) is 10.0 Å². The first-order valence-corrected chi connectivity index (χ1v) is 11.5. The summed E-state index contributed by atoms with van der Waals surface area (Å²) < 4.78 is 35.0. The second kappa shape index (κ2) is 9.88. The number of anilines is 1. The van der Waals surface area contributed by atoms with Gasteiger partial charge in [-0.15, -0.1) is 0 Å². The molecule has 166 valence electrons. The molecule has 9 nitrogen and oxygen atoms in total. The summed E-state index contributed by atoms with van der Waals surface area (Å²) in [6, 6.07) is 9.51. The molecule has 2 aromatic heterocycles. The average Bonchev–Trinajstić information content (AvgIpc) is 3.18. The van der Waals surface area contributed by atoms with E-state index >= 15 is 0 Å². The van der Waals surface area contributed by atoms with E-state index in [9.17, 15) is 8.42 Å². The molecule has 31 heavy (non-hydrogen) atoms. The van der Waals surface area contributed by atoms with E-state index in [1.54, 1.807) is 13.1 Å². The van der Waals surface area contributed by atoms with Gasteiger partial charge in [0, 0.05) is 31.5 Å². The van der Waals surface area contributed by atoms with Gasteiger partial charge in [-0.1, -0.05) is 38.1 Å². The molecule has 2 heterocycles. The molecule has 10 heteroatoms. The maximum Gasteiger partial charge on any atom is 0.267 e. The lowest BCUT2D eigenvalue weighted by molar-refractivity contribution is 0.249. The van der Waals surface area contributed by atoms with E-state index in [1.807, 2.05) is 24.3 Å². The predicted octanol–water partition coefficient (Wildman–Crippen LogP) is 2.95. The van der Waals surface area contributed by atoms with Crippen molar-refractivity contribution in [2.45, 2.75) is 37.5 Å². The molecule has 0 atom stereocenters. The molecule has 3 rings (SSSR count). The number of aryl methyl sites for hydroxylation is 1. The fourth-order valence-corrected chi connectivity index (χ4v) is 3.95. The highest BCUT2D eigenvalue weighted by molar-refractivity contribution is 7.92. The van der Waals surface area contributed by atoms with Gasteiger partial charge in [0.1, 0.15) is 4.90 Å². The summed E-state index contributed by atoms with van der Waals surface area (Å²) >= 11 is 0. The number of sulfonamides is 1. The number of nitrogens with zero attached hydrogens (tertiary/aromatic N) is 4. The van der Waals surface area contributed by atoms with Gasteiger partial charge in [0.05, 0.1) is 18.5 Å². The Bertz CT molecular complexity index is 1130. The van der Waals surface area contributed by atoms with Crippen LogP contribution in [0.25, 0.3) is 11.3 Å². The molecule has 0 spiro atoms. The Morgan fingerprint density at radius 1 is 1.19 bits per heavy atom. The van der Waals surface area contributed by atoms with Crippen LogP contribution in [0.4, 0.5) is 5.95 Å². The maximum absolute atomic E-state index is 12.7. The first kappa shape index (κ1) is 22.7. The minimum absolute atomic E-state index is 0.0111. The third-order valence-corrected chi connectivity index (χ3v) is 5.86. The Balaban J connectivity index is 1.99. The Morgan fingerprint density at radius 2 is 1.97 bits per heavy atom. The lowest BCUT2D eigenvalue weighted by Crippen LogP contribution is -2.15. The highest BCUT2D eigenvalue weighted by Gasteiger charge is 2.20. The summed E-state index contributed by atoms with van der Waals surface area (Å²) in [5, 5.41) is 12.9. The normalized spacial score (nSPS) is 11.6. The van der Waals surface area contributed by atoms with Crippen molar-refractivity contribution in [3.05, 3.63) is 48.3 Å². The number of aliphatic hydroxyl groups excluding tert-OH is 1. The molecule has 0 saturated carbocycles. The second-order valence-corrected chi connectivity index (χ2v) is 9.07. The molecule has 2 N–H and O–H groups in total. The molecular weight excluding hydrogens is 418 g/mol. The summed E-state index contributed by atoms with van der Waals surface area (Å²) in [5.74, 6) is 0.415. The number of unbranched alkanes of at least 4 members (excludes halogenated alkanes) is 1. The van der Waals surface area contributed by atoms with Crippen molar-refractivity contribution in [2.75, 3.05) is 17.9 Å². The number of ether oxygens (including phenoxy) is 1. The van der Waals surface area contributed by atoms with E-state index in [0.29, 0.717) is 25.1 Å². The average molecular weight is 446 g/mol. The monoisotopic (exact) mass is 445 g/mol. The highest BCUT2D eigenvalue weighted by atomic mass is 32.2. The molecular formula is C21H27N5O4S. The van der Waals surface area contributed by atoms with Gasteiger partial charge >= 0.3 is 0 Å². The van der Waals surface area contributed by atoms with Crippen molar-refractivity contribution in [3.63, 3.8) is 0 Å². The standard InChI is InChI=1S/C21H27N5O4S/c1-15(2)17-8-4-5-9-18(17)19-12-20(30-11-7-6-10-27)24-21(23-19)25-31(28,29)16-13-22-26(3)14-16/h4-5,8-9,12-15,27H,6-7,10-11H2,1-3H3,(H,23,24,25). The summed E-state index contributed by atoms with van der Waals surface area (Å²) in [6.07, 6.45) is 3.91. The first-order chi connectivity index (χ1) is 14.8. The van der Waals surface area contributed by atoms with Crippen molar-refractivity contribution in [1.29, 1.82) is 0 Å². The van der Waals surface area contributed by atoms with Crippen molar-refractivity contribution >= 4 is 16.0 Å². The SMILES string of the molecule is CC(C)c1ccccc1-c1cc(OCCCCO)nc(NS(=O)(=O)c2cnn(C)c2)n1. The highest BCUT2D eigenvalue weighted by Crippen LogP contribution is 2.30. The van der Waals surface area contributed by atoms with E-state index in [-0.39, 0.29) is 29.2 Å². The van der Waals surface area contributed by atoms with Crippen LogP contribution in [0.5, 0.6) is 5.88 Å². The lowest BCUT2D eigenvalue weighted by atomic mass is 9.95. The van der Waals surface area contributed by atoms with Crippen molar-refractivity contribution < 1.29 is 18.3 Å². The topological polar surface area (TPSA) is 119 Å². The van der Waals surface area contributed by atoms with Gasteiger partial charge in [-0.05, 0) is 24.3 Å². The van der Waals surface area contributed by atoms with E-state index in [4.69, 9.17) is 9.84 Å². The summed E-state index contributed by atoms with van der Waals surface area (Å²) in [6.45, 7) is 4.59. The van der Waals surface area contributed by atoms with Crippen LogP contribution in [-0.4, -0.2) is 46.5 Å². The van der Waals surface area contributed by atoms with Crippen LogP contribution in [0, 0.1) is 0 Å². The molecule has 0 aliphatic carbocycles. The lowest BCUT2D eigenvalue weighted by Gasteiger charge is -2.15. The van der Waals surface area contributed by atoms with Gasteiger partial charge < -0.3 is 9.84 Å². The third kappa shape index (κ3) is 5.80. The Hall–Kier alpha value is -2.98. The van der Waals surface area contributed by atoms with Crippen molar-refractivity contribution in [1.82, 2.24) is 19.7 Å². The van der Waals surface area contributed by atoms with Gasteiger partial charge in [-0.3, -0.25) is 4.68 Å². The van der Waals surface area contributed by atoms with Crippen LogP contribution in [0.2, 0.25) is 0 Å². The van der Waals surface area contributed by atoms with Gasteiger partial charge in [0.15, 0.2) is 0 Å². The molecule has 1 aromatic carbocycles. The molecule has 0 saturated heterocycles. The molecule has 0 radical (unpaired) electrons. The number of nitrogens with one attached hydrogen (secondary N) is 1. The third-order valence-electron chi connectivity index (χ3n) is 4.58. The molecule has 0 unspecified atom stereocenters. The van der Waals surface area contributed by atoms with Crippen LogP contribution >= 0.6 is 0 Å². The number of rotatable bonds is 10. The molecule has 0 aliphatic heterocycles. The molecule has 3 aromatic rings. The summed E-state index contributed by atoms with van der Waals surface area (Å²) in [7, 11) is -2.27. The minimum atomic E-state index is -3.91. The Morgan fingerprint density at radius 3 is 2.65 bits per heavy atom. The summed E-state index contributed by atoms with van der Waals surface area (Å²) in [5.41, 5.74) is 2.51. The molecule has 0 fully saturated rings. The number of aromatic nitrogens is 4. The quantitative estimate of drug-likeness (QED) is 0.460. The zero-order valence-electron chi connectivity index (χ0n) is 17.8. The molecule has 0 aliphatic rings. The Kier molecular flexibility index (Phi) is 7.24. The minimum Gasteiger partial charge on any atom is -0.478 e. The molecule has 0 bridgehead atoms. The van der Waals surface area contributed by atoms with Gasteiger partial charge in [-0.2, -0.15) is 10.1 Å². The van der Waals surface area contributed by atoms with Crippen LogP contribution in [0.1, 0.15) is 38.2 Å². The van der Waals surface area contributed by atoms with Gasteiger partial charge in [0.2, 0.25) is 11.8 Å². The number of aliphatic hydroxyl groups is 1. The van der Waals surface area contributed by atoms with Crippen LogP contribution in [0.15, 0.2) is 47.6 Å². The van der Waals surface area contributed by atoms with E-state index < -0.39 is 10.0 Å². The van der Waals surface area contributed by atoms with Crippen molar-refractivity contribution in [3.8, 4) is 17.1 Å². The van der Waals surface area contributed by atoms with Crippen LogP contribution in [0.3, 0.4) is 0 Å². The zero-order valence-corrected chi connectivity index (χ0v) is 18.6. The fourth-order valence-electron chi connectivity index (χ4n) is 3.02. The van der Waals surface area contributed by atoms with Gasteiger partial charge in [-0.25, -0.2) is 18.1 Å². The van der Waals surface area contributed by atoms with E-state index in [1.165, 1.54) is 17.1 Å². The first-order valence-electron chi connectivity index (χ1n) is 10.0. The smallest absolute Gasteiger partial charge is 0.267 e. The second-order valence-electron chi connectivity index (χ2n) is 7.39. The largest absolute Gasteiger partial charge is 0.478 e. The Labute approximate surface area is 182 Å². The number of hydrogen-bond acceptors (Lipinski definition) is 7. The molecule has 0 amide bonds. The number of benzene rings is 1. The van der Waals surface area contributed by atoms with E-state index in [2.05, 4.69) is 33.6 Å². The van der Waals surface area contributed by atoms with Crippen LogP contribution < -0.4 is 9.46 Å². The number of hydrogen-bond donors (Lipinski definition) is 2. The maximum atomic E-state index is 12.7. The van der Waals surface area contributed by atoms with E-state index in [0.717, 1.165) is 11.1 Å².